The molecule has 2 nitrogen and oxygen atoms in total. The summed E-state index contributed by atoms with van der Waals surface area (Å²) in [6.45, 7) is 3.45. The van der Waals surface area contributed by atoms with E-state index >= 15 is 0 Å². The quantitative estimate of drug-likeness (QED) is 0.650. The number of nitrogens with two attached hydrogens (primary N) is 1. The minimum absolute atomic E-state index is 0.238. The van der Waals surface area contributed by atoms with E-state index in [4.69, 9.17) is 5.73 Å². The maximum Gasteiger partial charge on any atom is 0.146 e. The number of hydrogen-bond acceptors (Lipinski definition) is 2. The fraction of sp³-hybridized carbons (Fsp3) is 0.125. The van der Waals surface area contributed by atoms with Crippen molar-refractivity contribution in [1.29, 1.82) is 0 Å². The summed E-state index contributed by atoms with van der Waals surface area (Å²) in [5, 5.41) is 0. The van der Waals surface area contributed by atoms with Crippen LogP contribution < -0.4 is 5.73 Å². The molecule has 0 saturated carbocycles. The van der Waals surface area contributed by atoms with Crippen molar-refractivity contribution in [1.82, 2.24) is 4.98 Å². The number of hydrogen-bond donors (Lipinski definition) is 1. The Labute approximate surface area is 64.6 Å². The van der Waals surface area contributed by atoms with Gasteiger partial charge >= 0.3 is 0 Å². The number of aromatic nitrogens is 1. The van der Waals surface area contributed by atoms with E-state index in [1.807, 2.05) is 0 Å². The molecule has 1 rings (SSSR count). The molecule has 0 aliphatic rings. The predicted octanol–water partition coefficient (Wildman–Crippen LogP) is 1.41. The number of halogens is 1. The molecule has 1 heterocycles. The SMILES string of the molecule is C=C[C@@H](N)c1ncccc1F. The average molecular weight is 152 g/mol. The summed E-state index contributed by atoms with van der Waals surface area (Å²) in [6.07, 6.45) is 2.95. The highest BCUT2D eigenvalue weighted by Gasteiger charge is 2.07. The molecule has 1 atom stereocenters. The van der Waals surface area contributed by atoms with Gasteiger partial charge in [-0.2, -0.15) is 0 Å². The van der Waals surface area contributed by atoms with Gasteiger partial charge in [-0.05, 0) is 12.1 Å². The molecule has 0 amide bonds. The summed E-state index contributed by atoms with van der Waals surface area (Å²) in [5.74, 6) is -0.389. The number of pyridine rings is 1. The second-order valence-corrected chi connectivity index (χ2v) is 2.13. The number of rotatable bonds is 2. The van der Waals surface area contributed by atoms with Crippen molar-refractivity contribution >= 4 is 0 Å². The molecule has 0 aromatic carbocycles. The highest BCUT2D eigenvalue weighted by molar-refractivity contribution is 5.14. The van der Waals surface area contributed by atoms with Crippen molar-refractivity contribution in [3.63, 3.8) is 0 Å². The molecular weight excluding hydrogens is 143 g/mol. The molecule has 1 aromatic rings. The Morgan fingerprint density at radius 2 is 2.45 bits per heavy atom. The smallest absolute Gasteiger partial charge is 0.146 e. The maximum atomic E-state index is 12.8. The lowest BCUT2D eigenvalue weighted by Crippen LogP contribution is -2.10. The lowest BCUT2D eigenvalue weighted by Gasteiger charge is -2.04. The van der Waals surface area contributed by atoms with Crippen molar-refractivity contribution in [3.05, 3.63) is 42.5 Å². The van der Waals surface area contributed by atoms with Crippen LogP contribution >= 0.6 is 0 Å². The predicted molar refractivity (Wildman–Crippen MR) is 41.3 cm³/mol. The van der Waals surface area contributed by atoms with Gasteiger partial charge in [-0.3, -0.25) is 4.98 Å². The number of nitrogens with zero attached hydrogens (tertiary/aromatic N) is 1. The minimum atomic E-state index is -0.517. The molecule has 0 radical (unpaired) electrons. The summed E-state index contributed by atoms with van der Waals surface area (Å²) >= 11 is 0. The standard InChI is InChI=1S/C8H9FN2/c1-2-7(10)8-6(9)4-3-5-11-8/h2-5,7H,1,10H2/t7-/m1/s1. The molecule has 1 aromatic heterocycles. The second kappa shape index (κ2) is 3.25. The highest BCUT2D eigenvalue weighted by Crippen LogP contribution is 2.10. The Balaban J connectivity index is 3.02. The first kappa shape index (κ1) is 7.88. The van der Waals surface area contributed by atoms with E-state index in [0.717, 1.165) is 0 Å². The molecule has 2 N–H and O–H groups in total. The van der Waals surface area contributed by atoms with Gasteiger partial charge < -0.3 is 5.73 Å². The van der Waals surface area contributed by atoms with Crippen molar-refractivity contribution in [2.24, 2.45) is 5.73 Å². The van der Waals surface area contributed by atoms with Gasteiger partial charge in [-0.1, -0.05) is 6.08 Å². The third kappa shape index (κ3) is 1.62. The summed E-state index contributed by atoms with van der Waals surface area (Å²) in [4.78, 5) is 3.78. The Morgan fingerprint density at radius 3 is 3.00 bits per heavy atom. The third-order valence-electron chi connectivity index (χ3n) is 1.36. The molecule has 0 aliphatic carbocycles. The Kier molecular flexibility index (Phi) is 2.33. The van der Waals surface area contributed by atoms with Crippen LogP contribution in [-0.4, -0.2) is 4.98 Å². The zero-order valence-electron chi connectivity index (χ0n) is 6.00. The van der Waals surface area contributed by atoms with Crippen molar-refractivity contribution in [2.75, 3.05) is 0 Å². The van der Waals surface area contributed by atoms with Crippen LogP contribution in [-0.2, 0) is 0 Å². The van der Waals surface area contributed by atoms with Crippen LogP contribution in [0, 0.1) is 5.82 Å². The Morgan fingerprint density at radius 1 is 1.73 bits per heavy atom. The molecule has 3 heteroatoms. The van der Waals surface area contributed by atoms with Gasteiger partial charge in [0.25, 0.3) is 0 Å². The van der Waals surface area contributed by atoms with Crippen molar-refractivity contribution < 1.29 is 4.39 Å². The first-order chi connectivity index (χ1) is 5.25. The third-order valence-corrected chi connectivity index (χ3v) is 1.36. The first-order valence-corrected chi connectivity index (χ1v) is 3.24. The summed E-state index contributed by atoms with van der Waals surface area (Å²) in [5.41, 5.74) is 5.71. The molecule has 0 bridgehead atoms. The van der Waals surface area contributed by atoms with E-state index in [2.05, 4.69) is 11.6 Å². The average Bonchev–Trinajstić information content (AvgIpc) is 2.04. The van der Waals surface area contributed by atoms with Gasteiger partial charge in [0.2, 0.25) is 0 Å². The molecular formula is C8H9FN2. The fourth-order valence-corrected chi connectivity index (χ4v) is 0.755. The molecule has 11 heavy (non-hydrogen) atoms. The van der Waals surface area contributed by atoms with E-state index in [9.17, 15) is 4.39 Å². The monoisotopic (exact) mass is 152 g/mol. The van der Waals surface area contributed by atoms with Crippen LogP contribution in [0.4, 0.5) is 4.39 Å². The van der Waals surface area contributed by atoms with Crippen LogP contribution in [0.5, 0.6) is 0 Å². The van der Waals surface area contributed by atoms with Crippen LogP contribution in [0.3, 0.4) is 0 Å². The first-order valence-electron chi connectivity index (χ1n) is 3.24. The van der Waals surface area contributed by atoms with E-state index in [1.165, 1.54) is 24.4 Å². The van der Waals surface area contributed by atoms with E-state index in [-0.39, 0.29) is 11.5 Å². The molecule has 0 unspecified atom stereocenters. The van der Waals surface area contributed by atoms with Gasteiger partial charge in [-0.25, -0.2) is 4.39 Å². The topological polar surface area (TPSA) is 38.9 Å². The van der Waals surface area contributed by atoms with E-state index in [1.54, 1.807) is 0 Å². The van der Waals surface area contributed by atoms with Crippen LogP contribution in [0.2, 0.25) is 0 Å². The summed E-state index contributed by atoms with van der Waals surface area (Å²) in [7, 11) is 0. The lowest BCUT2D eigenvalue weighted by atomic mass is 10.2. The van der Waals surface area contributed by atoms with Gasteiger partial charge in [0.15, 0.2) is 0 Å². The van der Waals surface area contributed by atoms with Crippen LogP contribution in [0.25, 0.3) is 0 Å². The molecule has 0 saturated heterocycles. The highest BCUT2D eigenvalue weighted by atomic mass is 19.1. The normalized spacial score (nSPS) is 12.5. The minimum Gasteiger partial charge on any atom is -0.319 e. The van der Waals surface area contributed by atoms with Gasteiger partial charge in [0, 0.05) is 6.20 Å². The Bertz CT molecular complexity index is 260. The van der Waals surface area contributed by atoms with Gasteiger partial charge in [0.05, 0.1) is 11.7 Å². The second-order valence-electron chi connectivity index (χ2n) is 2.13. The fourth-order valence-electron chi connectivity index (χ4n) is 0.755. The molecule has 58 valence electrons. The zero-order chi connectivity index (χ0) is 8.27. The molecule has 0 fully saturated rings. The Hall–Kier alpha value is -1.22. The maximum absolute atomic E-state index is 12.8. The molecule has 0 spiro atoms. The largest absolute Gasteiger partial charge is 0.319 e. The van der Waals surface area contributed by atoms with Crippen molar-refractivity contribution in [2.45, 2.75) is 6.04 Å². The van der Waals surface area contributed by atoms with E-state index < -0.39 is 6.04 Å². The summed E-state index contributed by atoms with van der Waals surface area (Å²) < 4.78 is 12.8. The van der Waals surface area contributed by atoms with Crippen LogP contribution in [0.1, 0.15) is 11.7 Å². The van der Waals surface area contributed by atoms with Crippen molar-refractivity contribution in [3.8, 4) is 0 Å². The zero-order valence-corrected chi connectivity index (χ0v) is 6.00. The van der Waals surface area contributed by atoms with Gasteiger partial charge in [-0.15, -0.1) is 6.58 Å². The van der Waals surface area contributed by atoms with Crippen LogP contribution in [0.15, 0.2) is 31.0 Å². The van der Waals surface area contributed by atoms with E-state index in [0.29, 0.717) is 0 Å². The van der Waals surface area contributed by atoms with Gasteiger partial charge in [0.1, 0.15) is 5.82 Å². The lowest BCUT2D eigenvalue weighted by molar-refractivity contribution is 0.589. The molecule has 0 aliphatic heterocycles. The summed E-state index contributed by atoms with van der Waals surface area (Å²) in [6, 6.07) is 2.33.